The van der Waals surface area contributed by atoms with Gasteiger partial charge in [-0.3, -0.25) is 25.0 Å². The molecule has 0 saturated carbocycles. The molecule has 2 rings (SSSR count). The normalized spacial score (nSPS) is 11.0. The van der Waals surface area contributed by atoms with E-state index in [0.717, 1.165) is 0 Å². The van der Waals surface area contributed by atoms with Crippen molar-refractivity contribution in [3.63, 3.8) is 0 Å². The molecule has 0 bridgehead atoms. The number of carbonyl (C=O) groups excluding carboxylic acids is 1. The minimum atomic E-state index is -5.00. The Kier molecular flexibility index (Phi) is 6.59. The molecule has 2 aromatic carbocycles. The summed E-state index contributed by atoms with van der Waals surface area (Å²) < 4.78 is 38.6. The number of halogens is 4. The van der Waals surface area contributed by atoms with Crippen LogP contribution in [0.25, 0.3) is 0 Å². The molecule has 0 aliphatic heterocycles. The number of amides is 1. The fourth-order valence-corrected chi connectivity index (χ4v) is 2.53. The zero-order chi connectivity index (χ0) is 21.8. The van der Waals surface area contributed by atoms with Gasteiger partial charge in [0.25, 0.3) is 17.3 Å². The van der Waals surface area contributed by atoms with Crippen LogP contribution in [0.15, 0.2) is 36.4 Å². The maximum Gasteiger partial charge on any atom is 0.416 e. The molecule has 0 aromatic heterocycles. The molecule has 13 heteroatoms. The molecule has 29 heavy (non-hydrogen) atoms. The summed E-state index contributed by atoms with van der Waals surface area (Å²) in [4.78, 5) is 31.9. The van der Waals surface area contributed by atoms with Crippen molar-refractivity contribution < 1.29 is 27.8 Å². The van der Waals surface area contributed by atoms with Gasteiger partial charge in [-0.05, 0) is 18.2 Å². The van der Waals surface area contributed by atoms with Crippen LogP contribution >= 0.6 is 11.6 Å². The minimum Gasteiger partial charge on any atom is -0.372 e. The van der Waals surface area contributed by atoms with E-state index in [2.05, 4.69) is 10.6 Å². The molecule has 0 spiro atoms. The first kappa shape index (κ1) is 21.9. The SMILES string of the molecule is O=C(NCCNc1c([N+](=O)[O-])cc(C(F)(F)F)cc1[N+](=O)[O-])c1cccc(Cl)c1. The van der Waals surface area contributed by atoms with Crippen LogP contribution < -0.4 is 10.6 Å². The lowest BCUT2D eigenvalue weighted by atomic mass is 10.1. The van der Waals surface area contributed by atoms with Crippen LogP contribution in [-0.2, 0) is 6.18 Å². The van der Waals surface area contributed by atoms with Crippen LogP contribution in [0, 0.1) is 20.2 Å². The average molecular weight is 433 g/mol. The molecule has 9 nitrogen and oxygen atoms in total. The van der Waals surface area contributed by atoms with E-state index in [1.807, 2.05) is 0 Å². The molecule has 0 aliphatic carbocycles. The largest absolute Gasteiger partial charge is 0.416 e. The maximum absolute atomic E-state index is 12.9. The maximum atomic E-state index is 12.9. The number of hydrogen-bond donors (Lipinski definition) is 2. The number of nitro groups is 2. The summed E-state index contributed by atoms with van der Waals surface area (Å²) in [5.74, 6) is -0.522. The first-order valence-corrected chi connectivity index (χ1v) is 8.20. The Morgan fingerprint density at radius 1 is 1.03 bits per heavy atom. The van der Waals surface area contributed by atoms with Crippen LogP contribution in [0.3, 0.4) is 0 Å². The molecule has 0 fully saturated rings. The molecule has 2 aromatic rings. The monoisotopic (exact) mass is 432 g/mol. The Hall–Kier alpha value is -3.41. The van der Waals surface area contributed by atoms with Crippen molar-refractivity contribution in [1.29, 1.82) is 0 Å². The number of rotatable bonds is 7. The zero-order valence-electron chi connectivity index (χ0n) is 14.3. The van der Waals surface area contributed by atoms with Gasteiger partial charge in [0.05, 0.1) is 15.4 Å². The number of anilines is 1. The van der Waals surface area contributed by atoms with Crippen molar-refractivity contribution in [3.8, 4) is 0 Å². The van der Waals surface area contributed by atoms with Gasteiger partial charge >= 0.3 is 6.18 Å². The van der Waals surface area contributed by atoms with Gasteiger partial charge in [0.15, 0.2) is 5.69 Å². The predicted molar refractivity (Wildman–Crippen MR) is 97.0 cm³/mol. The standard InChI is InChI=1S/C16H12ClF3N4O5/c17-11-3-1-2-9(6-11)15(25)22-5-4-21-14-12(23(26)27)7-10(16(18,19)20)8-13(14)24(28)29/h1-3,6-8,21H,4-5H2,(H,22,25). The van der Waals surface area contributed by atoms with Crippen LogP contribution in [-0.4, -0.2) is 28.8 Å². The van der Waals surface area contributed by atoms with Crippen LogP contribution in [0.4, 0.5) is 30.2 Å². The quantitative estimate of drug-likeness (QED) is 0.386. The minimum absolute atomic E-state index is 0.124. The van der Waals surface area contributed by atoms with Crippen LogP contribution in [0.1, 0.15) is 15.9 Å². The van der Waals surface area contributed by atoms with Crippen molar-refractivity contribution in [2.24, 2.45) is 0 Å². The Labute approximate surface area is 165 Å². The number of nitrogens with zero attached hydrogens (tertiary/aromatic N) is 2. The highest BCUT2D eigenvalue weighted by atomic mass is 35.5. The molecule has 2 N–H and O–H groups in total. The molecule has 0 aliphatic rings. The first-order chi connectivity index (χ1) is 13.5. The first-order valence-electron chi connectivity index (χ1n) is 7.82. The fourth-order valence-electron chi connectivity index (χ4n) is 2.34. The van der Waals surface area contributed by atoms with Gasteiger partial charge in [0.1, 0.15) is 0 Å². The highest BCUT2D eigenvalue weighted by Gasteiger charge is 2.37. The lowest BCUT2D eigenvalue weighted by molar-refractivity contribution is -0.392. The van der Waals surface area contributed by atoms with E-state index in [9.17, 15) is 38.2 Å². The molecule has 1 amide bonds. The molecule has 0 heterocycles. The van der Waals surface area contributed by atoms with E-state index in [4.69, 9.17) is 11.6 Å². The van der Waals surface area contributed by atoms with Crippen molar-refractivity contribution >= 4 is 34.6 Å². The molecular weight excluding hydrogens is 421 g/mol. The third-order valence-corrected chi connectivity index (χ3v) is 3.85. The van der Waals surface area contributed by atoms with Gasteiger partial charge in [-0.25, -0.2) is 0 Å². The molecule has 0 saturated heterocycles. The van der Waals surface area contributed by atoms with Crippen molar-refractivity contribution in [1.82, 2.24) is 5.32 Å². The summed E-state index contributed by atoms with van der Waals surface area (Å²) in [7, 11) is 0. The molecular formula is C16H12ClF3N4O5. The topological polar surface area (TPSA) is 127 Å². The summed E-state index contributed by atoms with van der Waals surface area (Å²) in [6, 6.07) is 6.41. The summed E-state index contributed by atoms with van der Waals surface area (Å²) in [5, 5.41) is 27.4. The molecule has 0 atom stereocenters. The average Bonchev–Trinajstić information content (AvgIpc) is 2.63. The van der Waals surface area contributed by atoms with E-state index in [1.165, 1.54) is 12.1 Å². The van der Waals surface area contributed by atoms with Gasteiger partial charge in [0, 0.05) is 35.8 Å². The van der Waals surface area contributed by atoms with Gasteiger partial charge < -0.3 is 10.6 Å². The lowest BCUT2D eigenvalue weighted by Gasteiger charge is -2.12. The summed E-state index contributed by atoms with van der Waals surface area (Å²) in [6.07, 6.45) is -5.00. The highest BCUT2D eigenvalue weighted by molar-refractivity contribution is 6.30. The third-order valence-electron chi connectivity index (χ3n) is 3.62. The summed E-state index contributed by atoms with van der Waals surface area (Å²) >= 11 is 5.77. The van der Waals surface area contributed by atoms with E-state index < -0.39 is 44.6 Å². The second kappa shape index (κ2) is 8.73. The van der Waals surface area contributed by atoms with Crippen molar-refractivity contribution in [3.05, 3.63) is 72.8 Å². The van der Waals surface area contributed by atoms with E-state index in [-0.39, 0.29) is 30.8 Å². The summed E-state index contributed by atoms with van der Waals surface area (Å²) in [5.41, 5.74) is -4.18. The third kappa shape index (κ3) is 5.54. The number of nitrogens with one attached hydrogen (secondary N) is 2. The van der Waals surface area contributed by atoms with E-state index >= 15 is 0 Å². The number of benzene rings is 2. The Morgan fingerprint density at radius 2 is 1.62 bits per heavy atom. The highest BCUT2D eigenvalue weighted by Crippen LogP contribution is 2.41. The molecule has 0 unspecified atom stereocenters. The Morgan fingerprint density at radius 3 is 2.10 bits per heavy atom. The van der Waals surface area contributed by atoms with Gasteiger partial charge in [-0.15, -0.1) is 0 Å². The predicted octanol–water partition coefficient (Wildman–Crippen LogP) is 4.02. The number of nitro benzene ring substituents is 2. The number of hydrogen-bond acceptors (Lipinski definition) is 6. The number of carbonyl (C=O) groups is 1. The van der Waals surface area contributed by atoms with E-state index in [0.29, 0.717) is 5.02 Å². The Balaban J connectivity index is 2.18. The van der Waals surface area contributed by atoms with Gasteiger partial charge in [0.2, 0.25) is 0 Å². The lowest BCUT2D eigenvalue weighted by Crippen LogP contribution is -2.29. The van der Waals surface area contributed by atoms with Crippen LogP contribution in [0.5, 0.6) is 0 Å². The molecule has 154 valence electrons. The summed E-state index contributed by atoms with van der Waals surface area (Å²) in [6.45, 7) is -0.347. The second-order valence-corrected chi connectivity index (χ2v) is 6.03. The fraction of sp³-hybridized carbons (Fsp3) is 0.188. The van der Waals surface area contributed by atoms with Gasteiger partial charge in [-0.2, -0.15) is 13.2 Å². The molecule has 0 radical (unpaired) electrons. The zero-order valence-corrected chi connectivity index (χ0v) is 15.1. The van der Waals surface area contributed by atoms with Gasteiger partial charge in [-0.1, -0.05) is 17.7 Å². The Bertz CT molecular complexity index is 933. The van der Waals surface area contributed by atoms with Crippen molar-refractivity contribution in [2.45, 2.75) is 6.18 Å². The smallest absolute Gasteiger partial charge is 0.372 e. The van der Waals surface area contributed by atoms with Crippen LogP contribution in [0.2, 0.25) is 5.02 Å². The number of alkyl halides is 3. The second-order valence-electron chi connectivity index (χ2n) is 5.59. The van der Waals surface area contributed by atoms with E-state index in [1.54, 1.807) is 12.1 Å². The van der Waals surface area contributed by atoms with Crippen molar-refractivity contribution in [2.75, 3.05) is 18.4 Å².